The molecular weight excluding hydrogens is 214 g/mol. The SMILES string of the molecule is C[C@@H](CC(=O)N1CC[C@H](O)C1)c1ccccc1. The summed E-state index contributed by atoms with van der Waals surface area (Å²) in [6.07, 6.45) is 0.910. The fourth-order valence-electron chi connectivity index (χ4n) is 2.26. The summed E-state index contributed by atoms with van der Waals surface area (Å²) in [6, 6.07) is 10.1. The van der Waals surface area contributed by atoms with Crippen LogP contribution in [0.2, 0.25) is 0 Å². The summed E-state index contributed by atoms with van der Waals surface area (Å²) in [5.41, 5.74) is 1.19. The third-order valence-electron chi connectivity index (χ3n) is 3.37. The molecule has 1 heterocycles. The van der Waals surface area contributed by atoms with Gasteiger partial charge in [-0.1, -0.05) is 37.3 Å². The monoisotopic (exact) mass is 233 g/mol. The van der Waals surface area contributed by atoms with E-state index in [1.807, 2.05) is 18.2 Å². The molecule has 3 heteroatoms. The van der Waals surface area contributed by atoms with Crippen molar-refractivity contribution in [1.82, 2.24) is 4.90 Å². The van der Waals surface area contributed by atoms with Crippen LogP contribution in [0.1, 0.15) is 31.2 Å². The summed E-state index contributed by atoms with van der Waals surface area (Å²) in [6.45, 7) is 3.27. The number of β-amino-alcohol motifs (C(OH)–C–C–N with tert-alkyl or cyclic N) is 1. The van der Waals surface area contributed by atoms with Gasteiger partial charge in [0.05, 0.1) is 6.10 Å². The molecule has 1 aromatic carbocycles. The molecule has 0 radical (unpaired) electrons. The van der Waals surface area contributed by atoms with E-state index in [0.29, 0.717) is 25.9 Å². The van der Waals surface area contributed by atoms with Gasteiger partial charge < -0.3 is 10.0 Å². The van der Waals surface area contributed by atoms with Crippen LogP contribution in [0.3, 0.4) is 0 Å². The molecule has 1 fully saturated rings. The van der Waals surface area contributed by atoms with Gasteiger partial charge in [0.2, 0.25) is 5.91 Å². The van der Waals surface area contributed by atoms with Crippen LogP contribution >= 0.6 is 0 Å². The summed E-state index contributed by atoms with van der Waals surface area (Å²) >= 11 is 0. The summed E-state index contributed by atoms with van der Waals surface area (Å²) in [7, 11) is 0. The fourth-order valence-corrected chi connectivity index (χ4v) is 2.26. The minimum atomic E-state index is -0.328. The highest BCUT2D eigenvalue weighted by Crippen LogP contribution is 2.21. The second-order valence-electron chi connectivity index (χ2n) is 4.80. The number of carbonyl (C=O) groups excluding carboxylic acids is 1. The molecule has 1 amide bonds. The zero-order valence-electron chi connectivity index (χ0n) is 10.2. The van der Waals surface area contributed by atoms with E-state index in [-0.39, 0.29) is 17.9 Å². The maximum atomic E-state index is 12.0. The smallest absolute Gasteiger partial charge is 0.223 e. The number of aliphatic hydroxyl groups is 1. The molecule has 0 unspecified atom stereocenters. The molecule has 2 rings (SSSR count). The first-order chi connectivity index (χ1) is 8.16. The number of carbonyl (C=O) groups is 1. The van der Waals surface area contributed by atoms with Crippen LogP contribution in [0.15, 0.2) is 30.3 Å². The van der Waals surface area contributed by atoms with Gasteiger partial charge in [-0.2, -0.15) is 0 Å². The Bertz CT molecular complexity index is 377. The number of likely N-dealkylation sites (tertiary alicyclic amines) is 1. The van der Waals surface area contributed by atoms with E-state index in [9.17, 15) is 9.90 Å². The Balaban J connectivity index is 1.91. The largest absolute Gasteiger partial charge is 0.391 e. The van der Waals surface area contributed by atoms with E-state index in [1.54, 1.807) is 4.90 Å². The molecule has 0 aliphatic carbocycles. The molecule has 1 aliphatic heterocycles. The summed E-state index contributed by atoms with van der Waals surface area (Å²) in [5, 5.41) is 9.41. The minimum absolute atomic E-state index is 0.151. The van der Waals surface area contributed by atoms with Gasteiger partial charge in [0.1, 0.15) is 0 Å². The van der Waals surface area contributed by atoms with Crippen molar-refractivity contribution in [3.63, 3.8) is 0 Å². The van der Waals surface area contributed by atoms with Crippen LogP contribution in [0.5, 0.6) is 0 Å². The van der Waals surface area contributed by atoms with Crippen LogP contribution in [0.4, 0.5) is 0 Å². The first-order valence-corrected chi connectivity index (χ1v) is 6.17. The van der Waals surface area contributed by atoms with Crippen LogP contribution in [0.25, 0.3) is 0 Å². The van der Waals surface area contributed by atoms with Crippen molar-refractivity contribution >= 4 is 5.91 Å². The van der Waals surface area contributed by atoms with Crippen LogP contribution < -0.4 is 0 Å². The highest BCUT2D eigenvalue weighted by molar-refractivity contribution is 5.77. The lowest BCUT2D eigenvalue weighted by Crippen LogP contribution is -2.30. The van der Waals surface area contributed by atoms with Crippen molar-refractivity contribution in [2.24, 2.45) is 0 Å². The number of aliphatic hydroxyl groups excluding tert-OH is 1. The molecule has 0 saturated carbocycles. The van der Waals surface area contributed by atoms with E-state index in [0.717, 1.165) is 0 Å². The lowest BCUT2D eigenvalue weighted by molar-refractivity contribution is -0.130. The van der Waals surface area contributed by atoms with Crippen molar-refractivity contribution in [3.05, 3.63) is 35.9 Å². The Hall–Kier alpha value is -1.35. The van der Waals surface area contributed by atoms with Crippen LogP contribution in [-0.2, 0) is 4.79 Å². The fraction of sp³-hybridized carbons (Fsp3) is 0.500. The molecule has 3 nitrogen and oxygen atoms in total. The highest BCUT2D eigenvalue weighted by Gasteiger charge is 2.25. The number of nitrogens with zero attached hydrogens (tertiary/aromatic N) is 1. The first-order valence-electron chi connectivity index (χ1n) is 6.17. The highest BCUT2D eigenvalue weighted by atomic mass is 16.3. The molecular formula is C14H19NO2. The Morgan fingerprint density at radius 1 is 1.47 bits per heavy atom. The third-order valence-corrected chi connectivity index (χ3v) is 3.37. The molecule has 92 valence electrons. The van der Waals surface area contributed by atoms with Crippen molar-refractivity contribution in [2.75, 3.05) is 13.1 Å². The number of amides is 1. The van der Waals surface area contributed by atoms with E-state index in [4.69, 9.17) is 0 Å². The van der Waals surface area contributed by atoms with E-state index < -0.39 is 0 Å². The second-order valence-corrected chi connectivity index (χ2v) is 4.80. The Labute approximate surface area is 102 Å². The van der Waals surface area contributed by atoms with Crippen LogP contribution in [-0.4, -0.2) is 35.1 Å². The van der Waals surface area contributed by atoms with Gasteiger partial charge in [-0.3, -0.25) is 4.79 Å². The van der Waals surface area contributed by atoms with Crippen molar-refractivity contribution in [1.29, 1.82) is 0 Å². The molecule has 1 N–H and O–H groups in total. The Kier molecular flexibility index (Phi) is 3.79. The van der Waals surface area contributed by atoms with Gasteiger partial charge in [0, 0.05) is 19.5 Å². The summed E-state index contributed by atoms with van der Waals surface area (Å²) in [5.74, 6) is 0.388. The quantitative estimate of drug-likeness (QED) is 0.864. The van der Waals surface area contributed by atoms with Gasteiger partial charge in [-0.25, -0.2) is 0 Å². The van der Waals surface area contributed by atoms with Gasteiger partial charge in [-0.15, -0.1) is 0 Å². The lowest BCUT2D eigenvalue weighted by Gasteiger charge is -2.18. The number of rotatable bonds is 3. The predicted octanol–water partition coefficient (Wildman–Crippen LogP) is 1.77. The summed E-state index contributed by atoms with van der Waals surface area (Å²) < 4.78 is 0. The average Bonchev–Trinajstić information content (AvgIpc) is 2.77. The predicted molar refractivity (Wildman–Crippen MR) is 66.7 cm³/mol. The standard InChI is InChI=1S/C14H19NO2/c1-11(12-5-3-2-4-6-12)9-14(17)15-8-7-13(16)10-15/h2-6,11,13,16H,7-10H2,1H3/t11-,13-/m0/s1. The van der Waals surface area contributed by atoms with Crippen LogP contribution in [0, 0.1) is 0 Å². The van der Waals surface area contributed by atoms with Gasteiger partial charge in [-0.05, 0) is 17.9 Å². The maximum absolute atomic E-state index is 12.0. The number of hydrogen-bond donors (Lipinski definition) is 1. The molecule has 17 heavy (non-hydrogen) atoms. The Morgan fingerprint density at radius 3 is 2.76 bits per heavy atom. The topological polar surface area (TPSA) is 40.5 Å². The van der Waals surface area contributed by atoms with Gasteiger partial charge in [0.15, 0.2) is 0 Å². The zero-order chi connectivity index (χ0) is 12.3. The molecule has 0 aromatic heterocycles. The summed E-state index contributed by atoms with van der Waals surface area (Å²) in [4.78, 5) is 13.8. The molecule has 1 aromatic rings. The van der Waals surface area contributed by atoms with E-state index in [2.05, 4.69) is 19.1 Å². The van der Waals surface area contributed by atoms with Gasteiger partial charge >= 0.3 is 0 Å². The number of benzene rings is 1. The minimum Gasteiger partial charge on any atom is -0.391 e. The maximum Gasteiger partial charge on any atom is 0.223 e. The van der Waals surface area contributed by atoms with E-state index in [1.165, 1.54) is 5.56 Å². The molecule has 0 bridgehead atoms. The zero-order valence-corrected chi connectivity index (χ0v) is 10.2. The van der Waals surface area contributed by atoms with Crippen molar-refractivity contribution in [3.8, 4) is 0 Å². The average molecular weight is 233 g/mol. The molecule has 1 aliphatic rings. The van der Waals surface area contributed by atoms with Crippen molar-refractivity contribution < 1.29 is 9.90 Å². The van der Waals surface area contributed by atoms with Gasteiger partial charge in [0.25, 0.3) is 0 Å². The second kappa shape index (κ2) is 5.32. The normalized spacial score (nSPS) is 21.5. The lowest BCUT2D eigenvalue weighted by atomic mass is 9.97. The first kappa shape index (κ1) is 12.1. The molecule has 0 spiro atoms. The molecule has 1 saturated heterocycles. The van der Waals surface area contributed by atoms with E-state index >= 15 is 0 Å². The number of hydrogen-bond acceptors (Lipinski definition) is 2. The van der Waals surface area contributed by atoms with Crippen molar-refractivity contribution in [2.45, 2.75) is 31.8 Å². The third kappa shape index (κ3) is 3.07. The Morgan fingerprint density at radius 2 is 2.18 bits per heavy atom. The molecule has 2 atom stereocenters.